The van der Waals surface area contributed by atoms with Gasteiger partial charge in [0.15, 0.2) is 0 Å². The van der Waals surface area contributed by atoms with Gasteiger partial charge < -0.3 is 14.8 Å². The monoisotopic (exact) mass is 373 g/mol. The number of carbonyl (C=O) groups excluding carboxylic acids is 1. The summed E-state index contributed by atoms with van der Waals surface area (Å²) in [5.74, 6) is 1.83. The van der Waals surface area contributed by atoms with Crippen LogP contribution in [0.1, 0.15) is 47.3 Å². The molecule has 2 aromatic heterocycles. The van der Waals surface area contributed by atoms with Gasteiger partial charge in [-0.1, -0.05) is 0 Å². The highest BCUT2D eigenvalue weighted by molar-refractivity contribution is 7.20. The number of nitrogens with zero attached hydrogens (tertiary/aromatic N) is 2. The lowest BCUT2D eigenvalue weighted by Crippen LogP contribution is -2.61. The van der Waals surface area contributed by atoms with Crippen LogP contribution in [0.15, 0.2) is 6.33 Å². The number of nitrogens with one attached hydrogen (secondary N) is 1. The maximum absolute atomic E-state index is 12.0. The van der Waals surface area contributed by atoms with Gasteiger partial charge in [0, 0.05) is 18.6 Å². The fourth-order valence-corrected chi connectivity index (χ4v) is 6.48. The van der Waals surface area contributed by atoms with E-state index >= 15 is 0 Å². The molecule has 4 atom stereocenters. The second-order valence-electron chi connectivity index (χ2n) is 7.72. The molecule has 7 heteroatoms. The van der Waals surface area contributed by atoms with Crippen molar-refractivity contribution in [3.63, 3.8) is 0 Å². The molecule has 4 unspecified atom stereocenters. The van der Waals surface area contributed by atoms with Crippen LogP contribution in [-0.2, 0) is 9.47 Å². The van der Waals surface area contributed by atoms with Crippen LogP contribution in [0, 0.1) is 18.8 Å². The van der Waals surface area contributed by atoms with E-state index in [0.29, 0.717) is 16.8 Å². The summed E-state index contributed by atoms with van der Waals surface area (Å²) < 4.78 is 11.2. The number of hydrogen-bond acceptors (Lipinski definition) is 7. The molecular weight excluding hydrogens is 350 g/mol. The van der Waals surface area contributed by atoms with Gasteiger partial charge in [-0.25, -0.2) is 14.8 Å². The summed E-state index contributed by atoms with van der Waals surface area (Å²) in [6.45, 7) is 2.86. The largest absolute Gasteiger partial charge is 0.465 e. The Kier molecular flexibility index (Phi) is 3.72. The van der Waals surface area contributed by atoms with Gasteiger partial charge in [-0.2, -0.15) is 0 Å². The molecule has 2 aliphatic carbocycles. The molecule has 5 rings (SSSR count). The van der Waals surface area contributed by atoms with Crippen LogP contribution in [0.4, 0.5) is 5.82 Å². The van der Waals surface area contributed by atoms with Gasteiger partial charge in [0.25, 0.3) is 0 Å². The van der Waals surface area contributed by atoms with Gasteiger partial charge in [-0.05, 0) is 50.5 Å². The number of aryl methyl sites for hydroxylation is 1. The lowest BCUT2D eigenvalue weighted by Gasteiger charge is -2.57. The van der Waals surface area contributed by atoms with E-state index in [1.165, 1.54) is 44.1 Å². The van der Waals surface area contributed by atoms with Crippen LogP contribution >= 0.6 is 11.3 Å². The van der Waals surface area contributed by atoms with Crippen LogP contribution in [-0.4, -0.2) is 41.3 Å². The van der Waals surface area contributed by atoms with Crippen molar-refractivity contribution in [2.24, 2.45) is 11.8 Å². The SMILES string of the molecule is COC(=O)c1sc2ncnc(NC3CCCC45OCCC4CC35)c2c1C. The number of esters is 1. The fraction of sp³-hybridized carbons (Fsp3) is 0.632. The maximum Gasteiger partial charge on any atom is 0.348 e. The van der Waals surface area contributed by atoms with Crippen molar-refractivity contribution >= 4 is 33.3 Å². The lowest BCUT2D eigenvalue weighted by atomic mass is 9.53. The normalized spacial score (nSPS) is 32.6. The molecule has 0 radical (unpaired) electrons. The van der Waals surface area contributed by atoms with Crippen molar-refractivity contribution in [2.75, 3.05) is 19.0 Å². The zero-order valence-corrected chi connectivity index (χ0v) is 15.9. The van der Waals surface area contributed by atoms with Crippen molar-refractivity contribution in [3.8, 4) is 0 Å². The number of aromatic nitrogens is 2. The third-order valence-corrected chi connectivity index (χ3v) is 7.86. The Hall–Kier alpha value is -1.73. The van der Waals surface area contributed by atoms with Crippen LogP contribution in [0.2, 0.25) is 0 Å². The zero-order chi connectivity index (χ0) is 17.9. The molecule has 138 valence electrons. The fourth-order valence-electron chi connectivity index (χ4n) is 5.41. The summed E-state index contributed by atoms with van der Waals surface area (Å²) in [7, 11) is 1.41. The highest BCUT2D eigenvalue weighted by Gasteiger charge is 2.62. The van der Waals surface area contributed by atoms with Crippen LogP contribution in [0.5, 0.6) is 0 Å². The van der Waals surface area contributed by atoms with E-state index in [-0.39, 0.29) is 11.6 Å². The van der Waals surface area contributed by atoms with Crippen molar-refractivity contribution in [3.05, 3.63) is 16.8 Å². The van der Waals surface area contributed by atoms with Crippen molar-refractivity contribution in [1.82, 2.24) is 9.97 Å². The molecule has 1 aliphatic heterocycles. The summed E-state index contributed by atoms with van der Waals surface area (Å²) >= 11 is 1.37. The third kappa shape index (κ3) is 2.16. The molecule has 1 N–H and O–H groups in total. The van der Waals surface area contributed by atoms with Gasteiger partial charge in [0.1, 0.15) is 21.9 Å². The maximum atomic E-state index is 12.0. The van der Waals surface area contributed by atoms with Gasteiger partial charge in [-0.3, -0.25) is 0 Å². The van der Waals surface area contributed by atoms with E-state index in [1.54, 1.807) is 6.33 Å². The summed E-state index contributed by atoms with van der Waals surface area (Å²) in [4.78, 5) is 22.4. The predicted octanol–water partition coefficient (Wildman–Crippen LogP) is 3.55. The quantitative estimate of drug-likeness (QED) is 0.830. The molecular formula is C19H23N3O3S. The minimum atomic E-state index is -0.311. The number of thiophene rings is 1. The van der Waals surface area contributed by atoms with E-state index < -0.39 is 0 Å². The average Bonchev–Trinajstić information content (AvgIpc) is 3.11. The Morgan fingerprint density at radius 1 is 1.42 bits per heavy atom. The van der Waals surface area contributed by atoms with E-state index in [4.69, 9.17) is 9.47 Å². The first-order valence-corrected chi connectivity index (χ1v) is 10.2. The summed E-state index contributed by atoms with van der Waals surface area (Å²) in [5.41, 5.74) is 1.01. The molecule has 2 aromatic rings. The smallest absolute Gasteiger partial charge is 0.348 e. The molecule has 26 heavy (non-hydrogen) atoms. The van der Waals surface area contributed by atoms with Crippen molar-refractivity contribution in [1.29, 1.82) is 0 Å². The minimum Gasteiger partial charge on any atom is -0.465 e. The summed E-state index contributed by atoms with van der Waals surface area (Å²) in [6.07, 6.45) is 7.57. The Labute approximate surface area is 156 Å². The topological polar surface area (TPSA) is 73.3 Å². The number of ether oxygens (including phenoxy) is 2. The summed E-state index contributed by atoms with van der Waals surface area (Å²) in [5, 5.41) is 4.64. The first-order valence-electron chi connectivity index (χ1n) is 9.37. The number of anilines is 1. The molecule has 3 heterocycles. The standard InChI is InChI=1S/C19H23N3O3S/c1-10-14-16(20-9-21-17(14)26-15(10)18(23)24-2)22-13-4-3-6-19-11(5-7-25-19)8-12(13)19/h9,11-13H,3-8H2,1-2H3,(H,20,21,22). The number of fused-ring (bicyclic) bond motifs is 1. The zero-order valence-electron chi connectivity index (χ0n) is 15.1. The van der Waals surface area contributed by atoms with E-state index in [0.717, 1.165) is 40.5 Å². The molecule has 0 aromatic carbocycles. The average molecular weight is 373 g/mol. The minimum absolute atomic E-state index is 0.114. The molecule has 1 spiro atoms. The third-order valence-electron chi connectivity index (χ3n) is 6.68. The van der Waals surface area contributed by atoms with Gasteiger partial charge in [0.05, 0.1) is 18.1 Å². The first kappa shape index (κ1) is 16.4. The summed E-state index contributed by atoms with van der Waals surface area (Å²) in [6, 6.07) is 0.372. The van der Waals surface area contributed by atoms with Crippen LogP contribution < -0.4 is 5.32 Å². The van der Waals surface area contributed by atoms with Crippen LogP contribution in [0.3, 0.4) is 0 Å². The molecule has 1 saturated heterocycles. The molecule has 3 aliphatic rings. The number of rotatable bonds is 3. The van der Waals surface area contributed by atoms with Gasteiger partial charge >= 0.3 is 5.97 Å². The lowest BCUT2D eigenvalue weighted by molar-refractivity contribution is -0.160. The number of methoxy groups -OCH3 is 1. The molecule has 0 bridgehead atoms. The van der Waals surface area contributed by atoms with Crippen molar-refractivity contribution in [2.45, 2.75) is 50.7 Å². The molecule has 6 nitrogen and oxygen atoms in total. The molecule has 3 fully saturated rings. The van der Waals surface area contributed by atoms with E-state index in [2.05, 4.69) is 15.3 Å². The second kappa shape index (κ2) is 5.89. The molecule has 2 saturated carbocycles. The Morgan fingerprint density at radius 2 is 2.31 bits per heavy atom. The number of hydrogen-bond donors (Lipinski definition) is 1. The van der Waals surface area contributed by atoms with E-state index in [9.17, 15) is 4.79 Å². The van der Waals surface area contributed by atoms with E-state index in [1.807, 2.05) is 6.92 Å². The molecule has 0 amide bonds. The van der Waals surface area contributed by atoms with Crippen molar-refractivity contribution < 1.29 is 14.3 Å². The highest BCUT2D eigenvalue weighted by atomic mass is 32.1. The second-order valence-corrected chi connectivity index (χ2v) is 8.72. The first-order chi connectivity index (χ1) is 12.6. The number of carbonyl (C=O) groups is 1. The predicted molar refractivity (Wildman–Crippen MR) is 99.7 cm³/mol. The van der Waals surface area contributed by atoms with Gasteiger partial charge in [-0.15, -0.1) is 11.3 Å². The van der Waals surface area contributed by atoms with Gasteiger partial charge in [0.2, 0.25) is 0 Å². The Balaban J connectivity index is 1.48. The Morgan fingerprint density at radius 3 is 3.12 bits per heavy atom. The van der Waals surface area contributed by atoms with Crippen LogP contribution in [0.25, 0.3) is 10.2 Å². The highest BCUT2D eigenvalue weighted by Crippen LogP contribution is 2.59. The Bertz CT molecular complexity index is 882.